The zero-order chi connectivity index (χ0) is 30.6. The van der Waals surface area contributed by atoms with Crippen LogP contribution >= 0.6 is 0 Å². The Balaban J connectivity index is 3.55. The molecule has 0 rings (SSSR count). The molecule has 0 saturated carbocycles. The number of rotatable bonds is 37. The molecule has 1 N–H and O–H groups in total. The van der Waals surface area contributed by atoms with E-state index in [-0.39, 0.29) is 0 Å². The first-order valence-electron chi connectivity index (χ1n) is 20.2. The summed E-state index contributed by atoms with van der Waals surface area (Å²) in [4.78, 5) is 0. The van der Waals surface area contributed by atoms with Crippen LogP contribution in [0.2, 0.25) is 0 Å². The van der Waals surface area contributed by atoms with Crippen molar-refractivity contribution in [1.29, 1.82) is 0 Å². The van der Waals surface area contributed by atoms with Gasteiger partial charge in [-0.2, -0.15) is 5.06 Å². The number of unbranched alkanes of at least 4 members (excludes halogenated alkanes) is 30. The van der Waals surface area contributed by atoms with Crippen molar-refractivity contribution in [3.8, 4) is 0 Å². The molecule has 0 aliphatic heterocycles. The molecule has 0 aliphatic rings. The highest BCUT2D eigenvalue weighted by atomic mass is 16.5. The second-order valence-electron chi connectivity index (χ2n) is 14.1. The van der Waals surface area contributed by atoms with Crippen LogP contribution in [0.25, 0.3) is 0 Å². The fourth-order valence-electron chi connectivity index (χ4n) is 6.72. The maximum atomic E-state index is 10.1. The highest BCUT2D eigenvalue weighted by molar-refractivity contribution is 4.63. The van der Waals surface area contributed by atoms with Gasteiger partial charge in [-0.25, -0.2) is 0 Å². The highest BCUT2D eigenvalue weighted by Crippen LogP contribution is 2.21. The van der Waals surface area contributed by atoms with Gasteiger partial charge in [0.2, 0.25) is 0 Å². The van der Waals surface area contributed by atoms with Crippen molar-refractivity contribution in [3.63, 3.8) is 0 Å². The van der Waals surface area contributed by atoms with E-state index in [1.165, 1.54) is 218 Å². The average Bonchev–Trinajstić information content (AvgIpc) is 3.00. The second kappa shape index (κ2) is 37.1. The van der Waals surface area contributed by atoms with E-state index in [0.717, 1.165) is 13.1 Å². The third-order valence-corrected chi connectivity index (χ3v) is 9.77. The van der Waals surface area contributed by atoms with Gasteiger partial charge < -0.3 is 5.21 Å². The lowest BCUT2D eigenvalue weighted by atomic mass is 9.93. The number of hydrogen-bond donors (Lipinski definition) is 1. The summed E-state index contributed by atoms with van der Waals surface area (Å²) in [5, 5.41) is 11.7. The molecule has 0 saturated heterocycles. The van der Waals surface area contributed by atoms with E-state index < -0.39 is 0 Å². The Morgan fingerprint density at radius 2 is 0.548 bits per heavy atom. The van der Waals surface area contributed by atoms with Gasteiger partial charge in [-0.3, -0.25) is 0 Å². The first kappa shape index (κ1) is 41.9. The molecule has 2 nitrogen and oxygen atoms in total. The summed E-state index contributed by atoms with van der Waals surface area (Å²) in [7, 11) is 0. The van der Waals surface area contributed by atoms with Crippen LogP contribution in [0.1, 0.15) is 239 Å². The van der Waals surface area contributed by atoms with E-state index in [4.69, 9.17) is 0 Å². The molecule has 0 amide bonds. The van der Waals surface area contributed by atoms with Gasteiger partial charge in [0.15, 0.2) is 0 Å². The lowest BCUT2D eigenvalue weighted by Gasteiger charge is -2.21. The molecule has 0 bridgehead atoms. The first-order valence-corrected chi connectivity index (χ1v) is 20.2. The molecule has 254 valence electrons. The fraction of sp³-hybridized carbons (Fsp3) is 1.00. The van der Waals surface area contributed by atoms with E-state index >= 15 is 0 Å². The lowest BCUT2D eigenvalue weighted by molar-refractivity contribution is -0.0983. The summed E-state index contributed by atoms with van der Waals surface area (Å²) < 4.78 is 0. The molecular weight excluding hydrogens is 510 g/mol. The molecule has 0 atom stereocenters. The zero-order valence-corrected chi connectivity index (χ0v) is 29.9. The standard InChI is InChI=1S/C40H83NO/c1-4-7-9-11-13-15-17-19-21-23-25-27-29-31-33-35-37-40(39-41(42)6-3)38-36-34-32-30-28-26-24-22-20-18-16-14-12-10-8-5-2/h40,42H,4-39H2,1-3H3. The first-order chi connectivity index (χ1) is 20.7. The molecule has 0 heterocycles. The maximum Gasteiger partial charge on any atom is 0.0266 e. The minimum Gasteiger partial charge on any atom is -0.314 e. The van der Waals surface area contributed by atoms with Crippen LogP contribution in [0.15, 0.2) is 0 Å². The predicted octanol–water partition coefficient (Wildman–Crippen LogP) is 14.6. The Hall–Kier alpha value is -0.0800. The van der Waals surface area contributed by atoms with Gasteiger partial charge >= 0.3 is 0 Å². The summed E-state index contributed by atoms with van der Waals surface area (Å²) in [5.41, 5.74) is 0. The minimum atomic E-state index is 0.688. The highest BCUT2D eigenvalue weighted by Gasteiger charge is 2.12. The van der Waals surface area contributed by atoms with Crippen molar-refractivity contribution < 1.29 is 5.21 Å². The van der Waals surface area contributed by atoms with E-state index in [1.54, 1.807) is 5.06 Å². The average molecular weight is 594 g/mol. The monoisotopic (exact) mass is 594 g/mol. The summed E-state index contributed by atoms with van der Waals surface area (Å²) in [6, 6.07) is 0. The smallest absolute Gasteiger partial charge is 0.0266 e. The van der Waals surface area contributed by atoms with Crippen LogP contribution < -0.4 is 0 Å². The Bertz CT molecular complexity index is 431. The Kier molecular flexibility index (Phi) is 37.0. The number of hydroxylamine groups is 2. The van der Waals surface area contributed by atoms with Crippen LogP contribution in [0, 0.1) is 5.92 Å². The molecule has 0 aliphatic carbocycles. The normalized spacial score (nSPS) is 11.9. The SMILES string of the molecule is CCCCCCCCCCCCCCCCCCC(CCCCCCCCCCCCCCCCCC)CN(O)CC. The van der Waals surface area contributed by atoms with Gasteiger partial charge in [-0.1, -0.05) is 226 Å². The van der Waals surface area contributed by atoms with Crippen molar-refractivity contribution in [2.75, 3.05) is 13.1 Å². The van der Waals surface area contributed by atoms with Crippen molar-refractivity contribution in [3.05, 3.63) is 0 Å². The van der Waals surface area contributed by atoms with Gasteiger partial charge in [0, 0.05) is 13.1 Å². The topological polar surface area (TPSA) is 23.5 Å². The quantitative estimate of drug-likeness (QED) is 0.0572. The Labute approximate surface area is 267 Å². The van der Waals surface area contributed by atoms with Crippen molar-refractivity contribution in [1.82, 2.24) is 5.06 Å². The zero-order valence-electron chi connectivity index (χ0n) is 29.9. The van der Waals surface area contributed by atoms with E-state index in [0.29, 0.717) is 5.92 Å². The molecule has 42 heavy (non-hydrogen) atoms. The Morgan fingerprint density at radius 1 is 0.333 bits per heavy atom. The molecule has 0 aromatic rings. The summed E-state index contributed by atoms with van der Waals surface area (Å²) in [6.45, 7) is 8.32. The molecule has 0 fully saturated rings. The van der Waals surface area contributed by atoms with Crippen molar-refractivity contribution in [2.24, 2.45) is 5.92 Å². The van der Waals surface area contributed by atoms with E-state index in [9.17, 15) is 5.21 Å². The van der Waals surface area contributed by atoms with E-state index in [1.807, 2.05) is 0 Å². The molecule has 2 heteroatoms. The van der Waals surface area contributed by atoms with Gasteiger partial charge in [0.1, 0.15) is 0 Å². The predicted molar refractivity (Wildman–Crippen MR) is 191 cm³/mol. The molecule has 0 spiro atoms. The molecule has 0 aromatic heterocycles. The number of nitrogens with zero attached hydrogens (tertiary/aromatic N) is 1. The van der Waals surface area contributed by atoms with E-state index in [2.05, 4.69) is 20.8 Å². The van der Waals surface area contributed by atoms with Crippen molar-refractivity contribution >= 4 is 0 Å². The maximum absolute atomic E-state index is 10.1. The summed E-state index contributed by atoms with van der Waals surface area (Å²) in [5.74, 6) is 0.688. The van der Waals surface area contributed by atoms with Gasteiger partial charge in [-0.05, 0) is 18.8 Å². The fourth-order valence-corrected chi connectivity index (χ4v) is 6.72. The van der Waals surface area contributed by atoms with Crippen LogP contribution in [-0.4, -0.2) is 23.4 Å². The third-order valence-electron chi connectivity index (χ3n) is 9.77. The van der Waals surface area contributed by atoms with Crippen LogP contribution in [0.3, 0.4) is 0 Å². The molecule has 0 unspecified atom stereocenters. The van der Waals surface area contributed by atoms with Crippen LogP contribution in [0.5, 0.6) is 0 Å². The van der Waals surface area contributed by atoms with Crippen LogP contribution in [-0.2, 0) is 0 Å². The molecule has 0 aromatic carbocycles. The van der Waals surface area contributed by atoms with Gasteiger partial charge in [0.25, 0.3) is 0 Å². The second-order valence-corrected chi connectivity index (χ2v) is 14.1. The van der Waals surface area contributed by atoms with Gasteiger partial charge in [-0.15, -0.1) is 0 Å². The minimum absolute atomic E-state index is 0.688. The van der Waals surface area contributed by atoms with Crippen molar-refractivity contribution in [2.45, 2.75) is 239 Å². The van der Waals surface area contributed by atoms with Gasteiger partial charge in [0.05, 0.1) is 0 Å². The summed E-state index contributed by atoms with van der Waals surface area (Å²) in [6.07, 6.45) is 48.6. The summed E-state index contributed by atoms with van der Waals surface area (Å²) >= 11 is 0. The Morgan fingerprint density at radius 3 is 0.762 bits per heavy atom. The number of hydrogen-bond acceptors (Lipinski definition) is 2. The largest absolute Gasteiger partial charge is 0.314 e. The van der Waals surface area contributed by atoms with Crippen LogP contribution in [0.4, 0.5) is 0 Å². The third kappa shape index (κ3) is 34.4. The molecular formula is C40H83NO. The molecule has 0 radical (unpaired) electrons. The lowest BCUT2D eigenvalue weighted by Crippen LogP contribution is -2.26.